The van der Waals surface area contributed by atoms with Crippen molar-refractivity contribution >= 4 is 55.0 Å². The van der Waals surface area contributed by atoms with Crippen LogP contribution >= 0.6 is 31.9 Å². The number of ether oxygens (including phenoxy) is 2. The Balaban J connectivity index is 1.37. The summed E-state index contributed by atoms with van der Waals surface area (Å²) in [4.78, 5) is 25.9. The highest BCUT2D eigenvalue weighted by Crippen LogP contribution is 2.27. The molecule has 0 aromatic heterocycles. The predicted octanol–water partition coefficient (Wildman–Crippen LogP) is 8.88. The van der Waals surface area contributed by atoms with Crippen LogP contribution < -0.4 is 20.1 Å². The normalized spacial score (nSPS) is 10.9. The van der Waals surface area contributed by atoms with Gasteiger partial charge in [-0.25, -0.2) is 0 Å². The monoisotopic (exact) mass is 678 g/mol. The second-order valence-electron chi connectivity index (χ2n) is 10.1. The molecule has 0 saturated heterocycles. The van der Waals surface area contributed by atoms with E-state index in [9.17, 15) is 9.59 Å². The molecule has 4 aromatic rings. The van der Waals surface area contributed by atoms with Crippen molar-refractivity contribution in [1.29, 1.82) is 0 Å². The van der Waals surface area contributed by atoms with Crippen LogP contribution in [-0.4, -0.2) is 24.0 Å². The first-order valence-corrected chi connectivity index (χ1v) is 14.9. The van der Waals surface area contributed by atoms with Crippen LogP contribution in [0.4, 0.5) is 11.4 Å². The van der Waals surface area contributed by atoms with Crippen LogP contribution in [0.5, 0.6) is 11.5 Å². The van der Waals surface area contributed by atoms with Crippen LogP contribution in [0, 0.1) is 0 Å². The van der Waals surface area contributed by atoms with Crippen molar-refractivity contribution in [3.8, 4) is 11.5 Å². The van der Waals surface area contributed by atoms with E-state index in [-0.39, 0.29) is 24.0 Å². The topological polar surface area (TPSA) is 76.7 Å². The lowest BCUT2D eigenvalue weighted by atomic mass is 10.0. The Kier molecular flexibility index (Phi) is 10.2. The molecular weight excluding hydrogens is 648 g/mol. The van der Waals surface area contributed by atoms with Gasteiger partial charge in [0.15, 0.2) is 0 Å². The fourth-order valence-corrected chi connectivity index (χ4v) is 4.84. The van der Waals surface area contributed by atoms with E-state index in [4.69, 9.17) is 9.47 Å². The fraction of sp³-hybridized carbons (Fsp3) is 0.212. The smallest absolute Gasteiger partial charge is 0.259 e. The molecule has 212 valence electrons. The maximum absolute atomic E-state index is 13.0. The zero-order valence-electron chi connectivity index (χ0n) is 23.3. The fourth-order valence-electron chi connectivity index (χ4n) is 4.12. The molecule has 0 radical (unpaired) electrons. The Morgan fingerprint density at radius 3 is 1.32 bits per heavy atom. The third-order valence-corrected chi connectivity index (χ3v) is 6.92. The average molecular weight is 680 g/mol. The molecule has 0 spiro atoms. The Bertz CT molecular complexity index is 1400. The Labute approximate surface area is 257 Å². The highest BCUT2D eigenvalue weighted by atomic mass is 79.9. The van der Waals surface area contributed by atoms with Crippen molar-refractivity contribution in [2.24, 2.45) is 0 Å². The number of amides is 2. The Morgan fingerprint density at radius 2 is 0.976 bits per heavy atom. The largest absolute Gasteiger partial charge is 0.490 e. The van der Waals surface area contributed by atoms with Crippen LogP contribution in [-0.2, 0) is 6.42 Å². The van der Waals surface area contributed by atoms with E-state index in [2.05, 4.69) is 42.5 Å². The number of benzene rings is 4. The summed E-state index contributed by atoms with van der Waals surface area (Å²) in [6, 6.07) is 26.3. The third-order valence-electron chi connectivity index (χ3n) is 5.93. The molecule has 6 nitrogen and oxygen atoms in total. The van der Waals surface area contributed by atoms with Crippen molar-refractivity contribution in [2.75, 3.05) is 10.6 Å². The average Bonchev–Trinajstić information content (AvgIpc) is 2.92. The molecule has 41 heavy (non-hydrogen) atoms. The van der Waals surface area contributed by atoms with Crippen LogP contribution in [0.1, 0.15) is 59.5 Å². The lowest BCUT2D eigenvalue weighted by molar-refractivity contribution is 0.101. The standard InChI is InChI=1S/C33H32Br2N2O4/c1-20(2)40-30-15-9-24(34)18-28(30)32(38)36-26-11-5-22(6-12-26)17-23-7-13-27(14-8-23)37-33(39)29-19-25(35)10-16-31(29)41-21(3)4/h5-16,18-21H,17H2,1-4H3,(H,36,38)(H,37,39). The van der Waals surface area contributed by atoms with Crippen molar-refractivity contribution < 1.29 is 19.1 Å². The van der Waals surface area contributed by atoms with E-state index in [0.29, 0.717) is 40.4 Å². The summed E-state index contributed by atoms with van der Waals surface area (Å²) < 4.78 is 13.2. The first-order valence-electron chi connectivity index (χ1n) is 13.3. The maximum atomic E-state index is 13.0. The van der Waals surface area contributed by atoms with Gasteiger partial charge in [0.1, 0.15) is 11.5 Å². The van der Waals surface area contributed by atoms with Gasteiger partial charge >= 0.3 is 0 Å². The molecule has 0 aliphatic heterocycles. The molecular formula is C33H32Br2N2O4. The van der Waals surface area contributed by atoms with Crippen LogP contribution in [0.2, 0.25) is 0 Å². The van der Waals surface area contributed by atoms with E-state index in [0.717, 1.165) is 20.1 Å². The van der Waals surface area contributed by atoms with Crippen LogP contribution in [0.25, 0.3) is 0 Å². The minimum absolute atomic E-state index is 0.0455. The molecule has 2 amide bonds. The quantitative estimate of drug-likeness (QED) is 0.176. The van der Waals surface area contributed by atoms with E-state index in [1.54, 1.807) is 24.3 Å². The van der Waals surface area contributed by atoms with Crippen LogP contribution in [0.15, 0.2) is 93.9 Å². The molecule has 0 fully saturated rings. The first kappa shape index (κ1) is 30.3. The number of rotatable bonds is 10. The summed E-state index contributed by atoms with van der Waals surface area (Å²) in [5.74, 6) is 0.604. The number of halogens is 2. The maximum Gasteiger partial charge on any atom is 0.259 e. The molecule has 0 bridgehead atoms. The molecule has 0 unspecified atom stereocenters. The van der Waals surface area contributed by atoms with Gasteiger partial charge in [-0.05, 0) is 106 Å². The van der Waals surface area contributed by atoms with Gasteiger partial charge in [0.25, 0.3) is 11.8 Å². The molecule has 0 aliphatic rings. The van der Waals surface area contributed by atoms with Crippen molar-refractivity contribution in [3.63, 3.8) is 0 Å². The molecule has 0 aliphatic carbocycles. The van der Waals surface area contributed by atoms with E-state index >= 15 is 0 Å². The zero-order chi connectivity index (χ0) is 29.5. The van der Waals surface area contributed by atoms with Gasteiger partial charge in [0.05, 0.1) is 23.3 Å². The minimum atomic E-state index is -0.238. The van der Waals surface area contributed by atoms with Gasteiger partial charge in [0, 0.05) is 20.3 Å². The van der Waals surface area contributed by atoms with Crippen LogP contribution in [0.3, 0.4) is 0 Å². The molecule has 0 atom stereocenters. The third kappa shape index (κ3) is 8.68. The highest BCUT2D eigenvalue weighted by molar-refractivity contribution is 9.10. The molecule has 2 N–H and O–H groups in total. The van der Waals surface area contributed by atoms with Gasteiger partial charge in [-0.2, -0.15) is 0 Å². The summed E-state index contributed by atoms with van der Waals surface area (Å²) in [6.45, 7) is 7.70. The number of carbonyl (C=O) groups is 2. The molecule has 0 saturated carbocycles. The molecule has 8 heteroatoms. The molecule has 0 heterocycles. The van der Waals surface area contributed by atoms with Gasteiger partial charge in [0.2, 0.25) is 0 Å². The van der Waals surface area contributed by atoms with Crippen molar-refractivity contribution in [2.45, 2.75) is 46.3 Å². The summed E-state index contributed by atoms with van der Waals surface area (Å²) in [5.41, 5.74) is 4.51. The lowest BCUT2D eigenvalue weighted by Gasteiger charge is -2.15. The second-order valence-corrected chi connectivity index (χ2v) is 11.9. The summed E-state index contributed by atoms with van der Waals surface area (Å²) in [5, 5.41) is 5.91. The van der Waals surface area contributed by atoms with Crippen molar-refractivity contribution in [1.82, 2.24) is 0 Å². The minimum Gasteiger partial charge on any atom is -0.490 e. The SMILES string of the molecule is CC(C)Oc1ccc(Br)cc1C(=O)Nc1ccc(Cc2ccc(NC(=O)c3cc(Br)ccc3OC(C)C)cc2)cc1. The van der Waals surface area contributed by atoms with E-state index in [1.165, 1.54) is 0 Å². The second kappa shape index (κ2) is 13.8. The highest BCUT2D eigenvalue weighted by Gasteiger charge is 2.16. The Hall–Kier alpha value is -3.62. The number of anilines is 2. The number of nitrogens with one attached hydrogen (secondary N) is 2. The van der Waals surface area contributed by atoms with Gasteiger partial charge < -0.3 is 20.1 Å². The Morgan fingerprint density at radius 1 is 0.610 bits per heavy atom. The first-order chi connectivity index (χ1) is 19.6. The number of hydrogen-bond acceptors (Lipinski definition) is 4. The number of carbonyl (C=O) groups excluding carboxylic acids is 2. The lowest BCUT2D eigenvalue weighted by Crippen LogP contribution is -2.16. The predicted molar refractivity (Wildman–Crippen MR) is 171 cm³/mol. The number of hydrogen-bond donors (Lipinski definition) is 2. The summed E-state index contributed by atoms with van der Waals surface area (Å²) in [7, 11) is 0. The van der Waals surface area contributed by atoms with Crippen molar-refractivity contribution in [3.05, 3.63) is 116 Å². The zero-order valence-corrected chi connectivity index (χ0v) is 26.5. The summed E-state index contributed by atoms with van der Waals surface area (Å²) in [6.07, 6.45) is 0.616. The molecule has 4 rings (SSSR count). The van der Waals surface area contributed by atoms with Gasteiger partial charge in [-0.15, -0.1) is 0 Å². The van der Waals surface area contributed by atoms with E-state index < -0.39 is 0 Å². The molecule has 4 aromatic carbocycles. The van der Waals surface area contributed by atoms with Gasteiger partial charge in [-0.1, -0.05) is 56.1 Å². The summed E-state index contributed by atoms with van der Waals surface area (Å²) >= 11 is 6.87. The van der Waals surface area contributed by atoms with Gasteiger partial charge in [-0.3, -0.25) is 9.59 Å². The van der Waals surface area contributed by atoms with E-state index in [1.807, 2.05) is 88.4 Å².